The second kappa shape index (κ2) is 6.54. The van der Waals surface area contributed by atoms with Gasteiger partial charge < -0.3 is 15.4 Å². The van der Waals surface area contributed by atoms with Crippen LogP contribution in [0.1, 0.15) is 32.5 Å². The average molecular weight is 250 g/mol. The largest absolute Gasteiger partial charge is 0.376 e. The summed E-state index contributed by atoms with van der Waals surface area (Å²) in [7, 11) is 0. The minimum Gasteiger partial charge on any atom is -0.376 e. The Morgan fingerprint density at radius 3 is 2.67 bits per heavy atom. The van der Waals surface area contributed by atoms with Crippen LogP contribution in [-0.4, -0.2) is 35.8 Å². The van der Waals surface area contributed by atoms with Gasteiger partial charge in [-0.1, -0.05) is 6.92 Å². The Hall–Kier alpha value is -1.36. The number of anilines is 2. The van der Waals surface area contributed by atoms with E-state index in [1.807, 2.05) is 6.07 Å². The summed E-state index contributed by atoms with van der Waals surface area (Å²) in [6.45, 7) is 6.71. The predicted molar refractivity (Wildman–Crippen MR) is 73.0 cm³/mol. The summed E-state index contributed by atoms with van der Waals surface area (Å²) < 4.78 is 5.59. The monoisotopic (exact) mass is 250 g/mol. The molecule has 2 heterocycles. The van der Waals surface area contributed by atoms with E-state index >= 15 is 0 Å². The number of hydrogen-bond acceptors (Lipinski definition) is 5. The molecule has 2 rings (SSSR count). The molecule has 0 amide bonds. The van der Waals surface area contributed by atoms with Crippen LogP contribution in [0.15, 0.2) is 6.07 Å². The van der Waals surface area contributed by atoms with Gasteiger partial charge in [0, 0.05) is 32.2 Å². The van der Waals surface area contributed by atoms with Gasteiger partial charge in [0.25, 0.3) is 0 Å². The lowest BCUT2D eigenvalue weighted by molar-refractivity contribution is 0.120. The summed E-state index contributed by atoms with van der Waals surface area (Å²) in [5.74, 6) is 2.63. The highest BCUT2D eigenvalue weighted by Crippen LogP contribution is 2.15. The van der Waals surface area contributed by atoms with Gasteiger partial charge in [0.2, 0.25) is 0 Å². The van der Waals surface area contributed by atoms with Gasteiger partial charge in [-0.2, -0.15) is 0 Å². The summed E-state index contributed by atoms with van der Waals surface area (Å²) in [4.78, 5) is 8.91. The van der Waals surface area contributed by atoms with Crippen LogP contribution in [0.4, 0.5) is 11.6 Å². The number of nitrogens with zero attached hydrogens (tertiary/aromatic N) is 2. The number of nitrogens with one attached hydrogen (secondary N) is 2. The van der Waals surface area contributed by atoms with Crippen molar-refractivity contribution in [1.82, 2.24) is 9.97 Å². The molecule has 0 saturated carbocycles. The molecular formula is C13H22N4O. The first kappa shape index (κ1) is 13.1. The lowest BCUT2D eigenvalue weighted by atomic mass is 10.2. The molecular weight excluding hydrogens is 228 g/mol. The zero-order valence-electron chi connectivity index (χ0n) is 11.2. The number of aryl methyl sites for hydroxylation is 1. The molecule has 1 unspecified atom stereocenters. The van der Waals surface area contributed by atoms with Gasteiger partial charge in [-0.15, -0.1) is 0 Å². The maximum Gasteiger partial charge on any atom is 0.132 e. The zero-order valence-corrected chi connectivity index (χ0v) is 11.2. The van der Waals surface area contributed by atoms with Crippen molar-refractivity contribution < 1.29 is 4.74 Å². The lowest BCUT2D eigenvalue weighted by Gasteiger charge is -2.13. The highest BCUT2D eigenvalue weighted by atomic mass is 16.5. The van der Waals surface area contributed by atoms with Gasteiger partial charge in [-0.3, -0.25) is 0 Å². The third kappa shape index (κ3) is 3.57. The van der Waals surface area contributed by atoms with Crippen molar-refractivity contribution in [3.63, 3.8) is 0 Å². The normalized spacial score (nSPS) is 18.9. The second-order valence-electron chi connectivity index (χ2n) is 4.45. The van der Waals surface area contributed by atoms with Crippen molar-refractivity contribution in [2.24, 2.45) is 0 Å². The molecule has 0 aliphatic carbocycles. The van der Waals surface area contributed by atoms with Crippen molar-refractivity contribution in [2.45, 2.75) is 39.2 Å². The van der Waals surface area contributed by atoms with E-state index in [0.717, 1.165) is 50.0 Å². The molecule has 1 aromatic rings. The van der Waals surface area contributed by atoms with Crippen LogP contribution in [0, 0.1) is 0 Å². The molecule has 0 radical (unpaired) electrons. The Morgan fingerprint density at radius 2 is 2.06 bits per heavy atom. The van der Waals surface area contributed by atoms with Crippen LogP contribution in [0.3, 0.4) is 0 Å². The molecule has 18 heavy (non-hydrogen) atoms. The molecule has 1 aromatic heterocycles. The van der Waals surface area contributed by atoms with E-state index < -0.39 is 0 Å². The molecule has 1 saturated heterocycles. The smallest absolute Gasteiger partial charge is 0.132 e. The van der Waals surface area contributed by atoms with Crippen molar-refractivity contribution in [3.8, 4) is 0 Å². The fourth-order valence-corrected chi connectivity index (χ4v) is 2.04. The van der Waals surface area contributed by atoms with Crippen LogP contribution in [0.25, 0.3) is 0 Å². The van der Waals surface area contributed by atoms with Crippen molar-refractivity contribution in [1.29, 1.82) is 0 Å². The van der Waals surface area contributed by atoms with Gasteiger partial charge in [0.15, 0.2) is 0 Å². The highest BCUT2D eigenvalue weighted by Gasteiger charge is 2.15. The Labute approximate surface area is 108 Å². The van der Waals surface area contributed by atoms with Crippen molar-refractivity contribution in [3.05, 3.63) is 11.9 Å². The molecule has 5 heteroatoms. The third-order valence-electron chi connectivity index (χ3n) is 2.98. The molecule has 1 fully saturated rings. The number of ether oxygens (including phenoxy) is 1. The van der Waals surface area contributed by atoms with E-state index in [1.165, 1.54) is 6.42 Å². The molecule has 1 atom stereocenters. The first-order valence-electron chi connectivity index (χ1n) is 6.79. The molecule has 0 bridgehead atoms. The minimum absolute atomic E-state index is 0.327. The van der Waals surface area contributed by atoms with Crippen LogP contribution < -0.4 is 10.6 Å². The highest BCUT2D eigenvalue weighted by molar-refractivity contribution is 5.47. The quantitative estimate of drug-likeness (QED) is 0.809. The van der Waals surface area contributed by atoms with E-state index in [0.29, 0.717) is 6.10 Å². The Balaban J connectivity index is 1.98. The van der Waals surface area contributed by atoms with Gasteiger partial charge in [0.05, 0.1) is 6.10 Å². The number of aromatic nitrogens is 2. The molecule has 1 aliphatic heterocycles. The zero-order chi connectivity index (χ0) is 12.8. The first-order valence-corrected chi connectivity index (χ1v) is 6.79. The van der Waals surface area contributed by atoms with E-state index in [4.69, 9.17) is 4.74 Å². The number of hydrogen-bond donors (Lipinski definition) is 2. The van der Waals surface area contributed by atoms with Crippen molar-refractivity contribution in [2.75, 3.05) is 30.3 Å². The SMILES string of the molecule is CCNc1cc(NCC2CCCO2)nc(CC)n1. The molecule has 2 N–H and O–H groups in total. The molecule has 0 aromatic carbocycles. The van der Waals surface area contributed by atoms with Crippen LogP contribution >= 0.6 is 0 Å². The third-order valence-corrected chi connectivity index (χ3v) is 2.98. The summed E-state index contributed by atoms with van der Waals surface area (Å²) in [5.41, 5.74) is 0. The Morgan fingerprint density at radius 1 is 1.28 bits per heavy atom. The molecule has 5 nitrogen and oxygen atoms in total. The van der Waals surface area contributed by atoms with Crippen molar-refractivity contribution >= 4 is 11.6 Å². The van der Waals surface area contributed by atoms with E-state index in [9.17, 15) is 0 Å². The topological polar surface area (TPSA) is 59.1 Å². The first-order chi connectivity index (χ1) is 8.81. The summed E-state index contributed by atoms with van der Waals surface area (Å²) >= 11 is 0. The molecule has 1 aliphatic rings. The Bertz CT molecular complexity index is 377. The van der Waals surface area contributed by atoms with E-state index in [-0.39, 0.29) is 0 Å². The lowest BCUT2D eigenvalue weighted by Crippen LogP contribution is -2.19. The summed E-state index contributed by atoms with van der Waals surface area (Å²) in [6, 6.07) is 1.96. The van der Waals surface area contributed by atoms with Gasteiger partial charge in [0.1, 0.15) is 17.5 Å². The summed E-state index contributed by atoms with van der Waals surface area (Å²) in [6.07, 6.45) is 3.47. The maximum atomic E-state index is 5.59. The van der Waals surface area contributed by atoms with Crippen LogP contribution in [0.2, 0.25) is 0 Å². The molecule has 100 valence electrons. The van der Waals surface area contributed by atoms with Crippen LogP contribution in [-0.2, 0) is 11.2 Å². The van der Waals surface area contributed by atoms with Crippen LogP contribution in [0.5, 0.6) is 0 Å². The standard InChI is InChI=1S/C13H22N4O/c1-3-11-16-12(14-4-2)8-13(17-11)15-9-10-6-5-7-18-10/h8,10H,3-7,9H2,1-2H3,(H2,14,15,16,17). The fourth-order valence-electron chi connectivity index (χ4n) is 2.04. The molecule has 0 spiro atoms. The minimum atomic E-state index is 0.327. The predicted octanol–water partition coefficient (Wildman–Crippen LogP) is 2.06. The average Bonchev–Trinajstić information content (AvgIpc) is 2.89. The second-order valence-corrected chi connectivity index (χ2v) is 4.45. The van der Waals surface area contributed by atoms with E-state index in [2.05, 4.69) is 34.4 Å². The fraction of sp³-hybridized carbons (Fsp3) is 0.692. The number of rotatable bonds is 6. The summed E-state index contributed by atoms with van der Waals surface area (Å²) in [5, 5.41) is 6.57. The van der Waals surface area contributed by atoms with Gasteiger partial charge in [-0.05, 0) is 19.8 Å². The van der Waals surface area contributed by atoms with E-state index in [1.54, 1.807) is 0 Å². The Kier molecular flexibility index (Phi) is 4.75. The maximum absolute atomic E-state index is 5.59. The van der Waals surface area contributed by atoms with Gasteiger partial charge >= 0.3 is 0 Å². The van der Waals surface area contributed by atoms with Gasteiger partial charge in [-0.25, -0.2) is 9.97 Å².